The third kappa shape index (κ3) is 19.9. The van der Waals surface area contributed by atoms with Crippen LogP contribution in [0.25, 0.3) is 0 Å². The van der Waals surface area contributed by atoms with Crippen molar-refractivity contribution in [2.45, 2.75) is 57.7 Å². The first-order valence-corrected chi connectivity index (χ1v) is 9.05. The maximum Gasteiger partial charge on any atom is 0.303 e. The fraction of sp³-hybridized carbons (Fsp3) is 0.409. The van der Waals surface area contributed by atoms with Gasteiger partial charge >= 0.3 is 5.97 Å². The Morgan fingerprint density at radius 2 is 1.42 bits per heavy atom. The normalized spacial score (nSPS) is 15.5. The summed E-state index contributed by atoms with van der Waals surface area (Å²) in [5.41, 5.74) is 0. The van der Waals surface area contributed by atoms with E-state index < -0.39 is 18.2 Å². The molecule has 0 heterocycles. The summed E-state index contributed by atoms with van der Waals surface area (Å²) in [6.07, 6.45) is 25.7. The van der Waals surface area contributed by atoms with Crippen LogP contribution in [-0.4, -0.2) is 33.5 Å². The lowest BCUT2D eigenvalue weighted by atomic mass is 10.2. The van der Waals surface area contributed by atoms with Gasteiger partial charge in [0.15, 0.2) is 0 Å². The van der Waals surface area contributed by atoms with Crippen LogP contribution < -0.4 is 0 Å². The molecular weight excluding hydrogens is 328 g/mol. The Balaban J connectivity index is 3.74. The summed E-state index contributed by atoms with van der Waals surface area (Å²) in [7, 11) is 0. The average Bonchev–Trinajstić information content (AvgIpc) is 2.58. The van der Waals surface area contributed by atoms with Gasteiger partial charge < -0.3 is 15.3 Å². The Bertz CT molecular complexity index is 522. The molecule has 3 N–H and O–H groups in total. The highest BCUT2D eigenvalue weighted by Gasteiger charge is 1.93. The molecule has 144 valence electrons. The first-order valence-electron chi connectivity index (χ1n) is 9.05. The first kappa shape index (κ1) is 23.8. The van der Waals surface area contributed by atoms with E-state index in [2.05, 4.69) is 0 Å². The lowest BCUT2D eigenvalue weighted by molar-refractivity contribution is -0.136. The Kier molecular flexibility index (Phi) is 16.2. The highest BCUT2D eigenvalue weighted by atomic mass is 16.4. The molecule has 0 unspecified atom stereocenters. The van der Waals surface area contributed by atoms with Gasteiger partial charge in [-0.05, 0) is 39.0 Å². The fourth-order valence-electron chi connectivity index (χ4n) is 1.88. The van der Waals surface area contributed by atoms with Gasteiger partial charge in [0.25, 0.3) is 0 Å². The predicted molar refractivity (Wildman–Crippen MR) is 108 cm³/mol. The van der Waals surface area contributed by atoms with E-state index in [-0.39, 0.29) is 6.42 Å². The molecule has 2 atom stereocenters. The zero-order valence-electron chi connectivity index (χ0n) is 15.6. The van der Waals surface area contributed by atoms with Crippen LogP contribution in [0.5, 0.6) is 0 Å². The zero-order valence-corrected chi connectivity index (χ0v) is 15.6. The molecule has 0 rings (SSSR count). The monoisotopic (exact) mass is 360 g/mol. The zero-order chi connectivity index (χ0) is 19.5. The molecule has 4 nitrogen and oxygen atoms in total. The van der Waals surface area contributed by atoms with E-state index in [0.717, 1.165) is 19.3 Å². The molecule has 0 bridgehead atoms. The van der Waals surface area contributed by atoms with Crippen molar-refractivity contribution in [1.82, 2.24) is 0 Å². The van der Waals surface area contributed by atoms with E-state index in [1.807, 2.05) is 60.8 Å². The quantitative estimate of drug-likeness (QED) is 0.315. The predicted octanol–water partition coefficient (Wildman–Crippen LogP) is 4.49. The number of aliphatic hydroxyl groups excluding tert-OH is 2. The lowest BCUT2D eigenvalue weighted by Crippen LogP contribution is -1.98. The number of hydrogen-bond acceptors (Lipinski definition) is 3. The van der Waals surface area contributed by atoms with Crippen molar-refractivity contribution in [2.24, 2.45) is 0 Å². The van der Waals surface area contributed by atoms with Gasteiger partial charge in [-0.1, -0.05) is 72.9 Å². The van der Waals surface area contributed by atoms with Gasteiger partial charge in [-0.3, -0.25) is 4.79 Å². The molecule has 4 heteroatoms. The summed E-state index contributed by atoms with van der Waals surface area (Å²) >= 11 is 0. The van der Waals surface area contributed by atoms with Crippen molar-refractivity contribution in [3.8, 4) is 0 Å². The van der Waals surface area contributed by atoms with Gasteiger partial charge in [-0.25, -0.2) is 0 Å². The summed E-state index contributed by atoms with van der Waals surface area (Å²) in [5, 5.41) is 27.3. The van der Waals surface area contributed by atoms with E-state index >= 15 is 0 Å². The van der Waals surface area contributed by atoms with Crippen molar-refractivity contribution < 1.29 is 20.1 Å². The van der Waals surface area contributed by atoms with Crippen molar-refractivity contribution in [1.29, 1.82) is 0 Å². The third-order valence-electron chi connectivity index (χ3n) is 3.21. The maximum atomic E-state index is 10.3. The fourth-order valence-corrected chi connectivity index (χ4v) is 1.88. The number of aliphatic carboxylic acids is 1. The molecule has 0 spiro atoms. The lowest BCUT2D eigenvalue weighted by Gasteiger charge is -1.98. The van der Waals surface area contributed by atoms with Crippen LogP contribution >= 0.6 is 0 Å². The second-order valence-electron chi connectivity index (χ2n) is 5.84. The number of allylic oxidation sites excluding steroid dienone is 9. The number of carboxylic acids is 1. The van der Waals surface area contributed by atoms with Crippen molar-refractivity contribution in [3.05, 3.63) is 72.9 Å². The average molecular weight is 360 g/mol. The van der Waals surface area contributed by atoms with E-state index in [9.17, 15) is 9.90 Å². The second kappa shape index (κ2) is 17.6. The number of carboxylic acid groups (broad SMARTS) is 1. The Morgan fingerprint density at radius 3 is 2.12 bits per heavy atom. The van der Waals surface area contributed by atoms with E-state index in [1.165, 1.54) is 0 Å². The minimum absolute atomic E-state index is 0.178. The molecule has 0 saturated heterocycles. The van der Waals surface area contributed by atoms with E-state index in [1.54, 1.807) is 19.1 Å². The van der Waals surface area contributed by atoms with Crippen LogP contribution in [0.3, 0.4) is 0 Å². The number of hydrogen-bond donors (Lipinski definition) is 3. The smallest absolute Gasteiger partial charge is 0.303 e. The number of carbonyl (C=O) groups is 1. The van der Waals surface area contributed by atoms with E-state index in [0.29, 0.717) is 12.8 Å². The summed E-state index contributed by atoms with van der Waals surface area (Å²) < 4.78 is 0. The van der Waals surface area contributed by atoms with Crippen molar-refractivity contribution in [2.75, 3.05) is 0 Å². The van der Waals surface area contributed by atoms with Crippen LogP contribution in [0.2, 0.25) is 0 Å². The summed E-state index contributed by atoms with van der Waals surface area (Å²) in [4.78, 5) is 10.3. The largest absolute Gasteiger partial charge is 0.481 e. The summed E-state index contributed by atoms with van der Waals surface area (Å²) in [5.74, 6) is -0.769. The first-order chi connectivity index (χ1) is 12.5. The minimum Gasteiger partial charge on any atom is -0.481 e. The van der Waals surface area contributed by atoms with E-state index in [4.69, 9.17) is 10.2 Å². The van der Waals surface area contributed by atoms with Crippen LogP contribution in [-0.2, 0) is 4.79 Å². The van der Waals surface area contributed by atoms with Gasteiger partial charge in [0.2, 0.25) is 0 Å². The summed E-state index contributed by atoms with van der Waals surface area (Å²) in [6, 6.07) is 0. The minimum atomic E-state index is -0.769. The highest BCUT2D eigenvalue weighted by Crippen LogP contribution is 1.99. The van der Waals surface area contributed by atoms with Crippen molar-refractivity contribution in [3.63, 3.8) is 0 Å². The maximum absolute atomic E-state index is 10.3. The SMILES string of the molecule is C[C@H](O)/C=C\C/C=C\C[C@@H](O)/C=C/C=C\C/C=C\C/C=C\CCC(=O)O. The molecule has 0 fully saturated rings. The van der Waals surface area contributed by atoms with Gasteiger partial charge in [0.1, 0.15) is 0 Å². The molecule has 0 aromatic heterocycles. The molecule has 0 aliphatic carbocycles. The molecule has 0 aromatic carbocycles. The standard InChI is InChI=1S/C22H32O4/c1-20(23)16-12-10-11-14-18-21(24)17-13-8-6-4-2-3-5-7-9-15-19-22(25)26/h2-3,6-9,11-14,16-17,20-21,23-24H,4-5,10,15,18-19H2,1H3,(H,25,26)/b3-2-,8-6-,9-7-,14-11-,16-12-,17-13+/t20-,21-/m0/s1. The van der Waals surface area contributed by atoms with Crippen LogP contribution in [0.1, 0.15) is 45.4 Å². The van der Waals surface area contributed by atoms with Crippen molar-refractivity contribution >= 4 is 5.97 Å². The molecule has 0 radical (unpaired) electrons. The number of aliphatic hydroxyl groups is 2. The Morgan fingerprint density at radius 1 is 0.808 bits per heavy atom. The Hall–Kier alpha value is -2.17. The summed E-state index contributed by atoms with van der Waals surface area (Å²) in [6.45, 7) is 1.71. The molecule has 0 aromatic rings. The molecule has 0 aliphatic heterocycles. The van der Waals surface area contributed by atoms with Gasteiger partial charge in [-0.2, -0.15) is 0 Å². The van der Waals surface area contributed by atoms with Gasteiger partial charge in [0.05, 0.1) is 12.2 Å². The van der Waals surface area contributed by atoms with Crippen LogP contribution in [0, 0.1) is 0 Å². The molecule has 26 heavy (non-hydrogen) atoms. The topological polar surface area (TPSA) is 77.8 Å². The van der Waals surface area contributed by atoms with Gasteiger partial charge in [-0.15, -0.1) is 0 Å². The van der Waals surface area contributed by atoms with Crippen LogP contribution in [0.4, 0.5) is 0 Å². The van der Waals surface area contributed by atoms with Gasteiger partial charge in [0, 0.05) is 6.42 Å². The molecule has 0 amide bonds. The van der Waals surface area contributed by atoms with Crippen LogP contribution in [0.15, 0.2) is 72.9 Å². The Labute approximate surface area is 157 Å². The number of rotatable bonds is 14. The molecule has 0 saturated carbocycles. The second-order valence-corrected chi connectivity index (χ2v) is 5.84. The highest BCUT2D eigenvalue weighted by molar-refractivity contribution is 5.66. The molecule has 0 aliphatic rings. The third-order valence-corrected chi connectivity index (χ3v) is 3.21. The molecular formula is C22H32O4.